The maximum absolute atomic E-state index is 13.7. The Kier molecular flexibility index (Phi) is 11.9. The van der Waals surface area contributed by atoms with Gasteiger partial charge in [0, 0.05) is 16.7 Å². The largest absolute Gasteiger partial charge is 0.508 e. The number of carbonyl (C=O) groups excluding carboxylic acids is 2. The molecule has 3 aromatic rings. The highest BCUT2D eigenvalue weighted by Gasteiger charge is 2.32. The SMILES string of the molecule is CCCCCCOc1ccc(C(=O)C(C(=O)c2ccc(OCCCCCC)cc2)c2cc(O)ccc2O)cc1. The van der Waals surface area contributed by atoms with Crippen LogP contribution in [0.5, 0.6) is 23.0 Å². The van der Waals surface area contributed by atoms with Crippen molar-refractivity contribution in [2.45, 2.75) is 71.1 Å². The van der Waals surface area contributed by atoms with Gasteiger partial charge in [-0.15, -0.1) is 0 Å². The van der Waals surface area contributed by atoms with E-state index in [4.69, 9.17) is 9.47 Å². The van der Waals surface area contributed by atoms with Crippen LogP contribution in [0.1, 0.15) is 97.4 Å². The monoisotopic (exact) mass is 532 g/mol. The van der Waals surface area contributed by atoms with E-state index in [-0.39, 0.29) is 17.1 Å². The molecule has 0 saturated heterocycles. The number of benzene rings is 3. The first-order chi connectivity index (χ1) is 18.9. The second-order valence-corrected chi connectivity index (χ2v) is 9.77. The maximum Gasteiger partial charge on any atom is 0.178 e. The van der Waals surface area contributed by atoms with E-state index in [1.807, 2.05) is 0 Å². The third-order valence-corrected chi connectivity index (χ3v) is 6.66. The molecular weight excluding hydrogens is 492 g/mol. The summed E-state index contributed by atoms with van der Waals surface area (Å²) in [6.45, 7) is 5.52. The van der Waals surface area contributed by atoms with E-state index >= 15 is 0 Å². The maximum atomic E-state index is 13.7. The summed E-state index contributed by atoms with van der Waals surface area (Å²) < 4.78 is 11.6. The number of aromatic hydroxyl groups is 2. The minimum Gasteiger partial charge on any atom is -0.508 e. The summed E-state index contributed by atoms with van der Waals surface area (Å²) in [6.07, 6.45) is 8.79. The number of Topliss-reactive ketones (excluding diaryl/α,β-unsaturated/α-hetero) is 2. The van der Waals surface area contributed by atoms with Gasteiger partial charge in [0.15, 0.2) is 11.6 Å². The molecule has 0 aliphatic carbocycles. The van der Waals surface area contributed by atoms with Crippen LogP contribution in [0.2, 0.25) is 0 Å². The van der Waals surface area contributed by atoms with Gasteiger partial charge >= 0.3 is 0 Å². The molecule has 2 N–H and O–H groups in total. The average Bonchev–Trinajstić information content (AvgIpc) is 2.95. The highest BCUT2D eigenvalue weighted by molar-refractivity contribution is 6.20. The summed E-state index contributed by atoms with van der Waals surface area (Å²) in [5.41, 5.74) is 0.667. The Morgan fingerprint density at radius 1 is 0.641 bits per heavy atom. The second-order valence-electron chi connectivity index (χ2n) is 9.77. The van der Waals surface area contributed by atoms with Crippen LogP contribution in [0.15, 0.2) is 66.7 Å². The van der Waals surface area contributed by atoms with Gasteiger partial charge in [-0.05, 0) is 79.6 Å². The van der Waals surface area contributed by atoms with Gasteiger partial charge in [0.25, 0.3) is 0 Å². The normalized spacial score (nSPS) is 10.9. The first-order valence-electron chi connectivity index (χ1n) is 14.0. The number of ether oxygens (including phenoxy) is 2. The first-order valence-corrected chi connectivity index (χ1v) is 14.0. The van der Waals surface area contributed by atoms with Gasteiger partial charge in [0.05, 0.1) is 13.2 Å². The number of ketones is 2. The van der Waals surface area contributed by atoms with E-state index in [1.165, 1.54) is 31.0 Å². The average molecular weight is 533 g/mol. The summed E-state index contributed by atoms with van der Waals surface area (Å²) >= 11 is 0. The summed E-state index contributed by atoms with van der Waals surface area (Å²) in [7, 11) is 0. The molecular formula is C33H40O6. The van der Waals surface area contributed by atoms with Crippen molar-refractivity contribution in [3.8, 4) is 23.0 Å². The van der Waals surface area contributed by atoms with Gasteiger partial charge in [-0.1, -0.05) is 52.4 Å². The first kappa shape index (κ1) is 29.8. The van der Waals surface area contributed by atoms with Crippen LogP contribution in [0.25, 0.3) is 0 Å². The minimum absolute atomic E-state index is 0.0532. The van der Waals surface area contributed by atoms with E-state index in [0.29, 0.717) is 35.8 Å². The predicted octanol–water partition coefficient (Wildman–Crippen LogP) is 7.87. The summed E-state index contributed by atoms with van der Waals surface area (Å²) in [5, 5.41) is 20.6. The van der Waals surface area contributed by atoms with Crippen molar-refractivity contribution in [1.82, 2.24) is 0 Å². The van der Waals surface area contributed by atoms with Crippen molar-refractivity contribution in [1.29, 1.82) is 0 Å². The molecule has 39 heavy (non-hydrogen) atoms. The molecule has 6 nitrogen and oxygen atoms in total. The predicted molar refractivity (Wildman–Crippen MR) is 153 cm³/mol. The fourth-order valence-electron chi connectivity index (χ4n) is 4.38. The molecule has 0 bridgehead atoms. The van der Waals surface area contributed by atoms with Gasteiger partial charge in [-0.3, -0.25) is 9.59 Å². The molecule has 6 heteroatoms. The molecule has 0 amide bonds. The molecule has 3 aromatic carbocycles. The second kappa shape index (κ2) is 15.6. The fraction of sp³-hybridized carbons (Fsp3) is 0.394. The molecule has 0 aliphatic rings. The van der Waals surface area contributed by atoms with Gasteiger partial charge in [0.2, 0.25) is 0 Å². The third kappa shape index (κ3) is 8.88. The Morgan fingerprint density at radius 3 is 1.54 bits per heavy atom. The number of phenolic OH excluding ortho intramolecular Hbond substituents is 2. The number of hydrogen-bond donors (Lipinski definition) is 2. The van der Waals surface area contributed by atoms with E-state index in [1.54, 1.807) is 48.5 Å². The van der Waals surface area contributed by atoms with E-state index in [9.17, 15) is 19.8 Å². The topological polar surface area (TPSA) is 93.1 Å². The number of hydrogen-bond acceptors (Lipinski definition) is 6. The molecule has 0 fully saturated rings. The Hall–Kier alpha value is -3.80. The third-order valence-electron chi connectivity index (χ3n) is 6.66. The lowest BCUT2D eigenvalue weighted by Crippen LogP contribution is -2.23. The van der Waals surface area contributed by atoms with Crippen LogP contribution in [-0.2, 0) is 0 Å². The van der Waals surface area contributed by atoms with Crippen molar-refractivity contribution in [3.63, 3.8) is 0 Å². The van der Waals surface area contributed by atoms with Crippen LogP contribution >= 0.6 is 0 Å². The zero-order valence-corrected chi connectivity index (χ0v) is 23.0. The Morgan fingerprint density at radius 2 is 1.10 bits per heavy atom. The molecule has 0 aliphatic heterocycles. The van der Waals surface area contributed by atoms with Crippen molar-refractivity contribution >= 4 is 11.6 Å². The number of phenols is 2. The summed E-state index contributed by atoms with van der Waals surface area (Å²) in [4.78, 5) is 27.4. The lowest BCUT2D eigenvalue weighted by atomic mass is 9.84. The molecule has 0 aromatic heterocycles. The zero-order valence-electron chi connectivity index (χ0n) is 23.0. The molecule has 3 rings (SSSR count). The van der Waals surface area contributed by atoms with Crippen molar-refractivity contribution < 1.29 is 29.3 Å². The fourth-order valence-corrected chi connectivity index (χ4v) is 4.38. The number of rotatable bonds is 17. The number of unbranched alkanes of at least 4 members (excludes halogenated alkanes) is 6. The summed E-state index contributed by atoms with van der Waals surface area (Å²) in [5.74, 6) is -1.38. The van der Waals surface area contributed by atoms with Crippen LogP contribution in [0, 0.1) is 0 Å². The quantitative estimate of drug-likeness (QED) is 0.0795. The minimum atomic E-state index is -1.33. The lowest BCUT2D eigenvalue weighted by Gasteiger charge is -2.18. The van der Waals surface area contributed by atoms with E-state index in [2.05, 4.69) is 13.8 Å². The lowest BCUT2D eigenvalue weighted by molar-refractivity contribution is 0.0858. The van der Waals surface area contributed by atoms with Gasteiger partial charge in [-0.2, -0.15) is 0 Å². The summed E-state index contributed by atoms with van der Waals surface area (Å²) in [6, 6.07) is 17.2. The molecule has 0 atom stereocenters. The molecule has 0 radical (unpaired) electrons. The van der Waals surface area contributed by atoms with Crippen molar-refractivity contribution in [3.05, 3.63) is 83.4 Å². The smallest absolute Gasteiger partial charge is 0.178 e. The van der Waals surface area contributed by atoms with E-state index in [0.717, 1.165) is 38.5 Å². The van der Waals surface area contributed by atoms with Crippen molar-refractivity contribution in [2.24, 2.45) is 0 Å². The highest BCUT2D eigenvalue weighted by Crippen LogP contribution is 2.34. The van der Waals surface area contributed by atoms with Crippen LogP contribution in [-0.4, -0.2) is 35.0 Å². The van der Waals surface area contributed by atoms with Crippen LogP contribution < -0.4 is 9.47 Å². The Labute approximate surface area is 231 Å². The molecule has 0 unspecified atom stereocenters. The Bertz CT molecular complexity index is 1110. The van der Waals surface area contributed by atoms with Gasteiger partial charge < -0.3 is 19.7 Å². The van der Waals surface area contributed by atoms with Gasteiger partial charge in [-0.25, -0.2) is 0 Å². The molecule has 208 valence electrons. The van der Waals surface area contributed by atoms with E-state index < -0.39 is 17.5 Å². The Balaban J connectivity index is 1.78. The molecule has 0 saturated carbocycles. The molecule has 0 heterocycles. The van der Waals surface area contributed by atoms with Gasteiger partial charge in [0.1, 0.15) is 28.9 Å². The van der Waals surface area contributed by atoms with Crippen LogP contribution in [0.4, 0.5) is 0 Å². The standard InChI is InChI=1S/C33H40O6/c1-3-5-7-9-21-38-27-16-11-24(12-17-27)32(36)31(29-23-26(34)15-20-30(29)35)33(37)25-13-18-28(19-14-25)39-22-10-8-6-4-2/h11-20,23,31,34-35H,3-10,21-22H2,1-2H3. The highest BCUT2D eigenvalue weighted by atomic mass is 16.5. The van der Waals surface area contributed by atoms with Crippen molar-refractivity contribution in [2.75, 3.05) is 13.2 Å². The molecule has 0 spiro atoms. The number of carbonyl (C=O) groups is 2. The zero-order chi connectivity index (χ0) is 28.0. The van der Waals surface area contributed by atoms with Crippen LogP contribution in [0.3, 0.4) is 0 Å².